The Hall–Kier alpha value is -2.73. The molecule has 0 aliphatic rings. The molecule has 158 valence electrons. The molecular formula is C25H29NO4. The van der Waals surface area contributed by atoms with E-state index in [-0.39, 0.29) is 19.3 Å². The van der Waals surface area contributed by atoms with Gasteiger partial charge in [0.25, 0.3) is 0 Å². The maximum absolute atomic E-state index is 9.71. The summed E-state index contributed by atoms with van der Waals surface area (Å²) in [5.74, 6) is 0.737. The van der Waals surface area contributed by atoms with Crippen LogP contribution in [0.1, 0.15) is 42.0 Å². The van der Waals surface area contributed by atoms with Gasteiger partial charge < -0.3 is 20.1 Å². The van der Waals surface area contributed by atoms with E-state index in [2.05, 4.69) is 11.1 Å². The van der Waals surface area contributed by atoms with Crippen molar-refractivity contribution in [3.05, 3.63) is 83.0 Å². The molecule has 5 heteroatoms. The van der Waals surface area contributed by atoms with Gasteiger partial charge in [-0.05, 0) is 65.8 Å². The molecule has 3 rings (SSSR count). The average Bonchev–Trinajstić information content (AvgIpc) is 2.81. The van der Waals surface area contributed by atoms with Crippen LogP contribution in [0.5, 0.6) is 5.75 Å². The van der Waals surface area contributed by atoms with Crippen LogP contribution in [0, 0.1) is 0 Å². The number of aliphatic hydroxyl groups excluding tert-OH is 3. The molecular weight excluding hydrogens is 378 g/mol. The number of aromatic nitrogens is 1. The zero-order chi connectivity index (χ0) is 21.3. The SMILES string of the molecule is CCC(O)CCc1ccc(-c2cccc(OCc3ccc(CO)c(CO)c3)c2)nc1. The Morgan fingerprint density at radius 2 is 1.73 bits per heavy atom. The molecule has 5 nitrogen and oxygen atoms in total. The van der Waals surface area contributed by atoms with Crippen LogP contribution in [-0.2, 0) is 26.2 Å². The third-order valence-corrected chi connectivity index (χ3v) is 5.21. The van der Waals surface area contributed by atoms with Crippen LogP contribution in [0.2, 0.25) is 0 Å². The van der Waals surface area contributed by atoms with E-state index in [9.17, 15) is 15.3 Å². The number of hydrogen-bond acceptors (Lipinski definition) is 5. The molecule has 1 atom stereocenters. The van der Waals surface area contributed by atoms with Gasteiger partial charge >= 0.3 is 0 Å². The first-order valence-corrected chi connectivity index (χ1v) is 10.3. The quantitative estimate of drug-likeness (QED) is 0.473. The average molecular weight is 408 g/mol. The zero-order valence-corrected chi connectivity index (χ0v) is 17.3. The molecule has 3 aromatic rings. The van der Waals surface area contributed by atoms with E-state index in [1.165, 1.54) is 0 Å². The molecule has 3 N–H and O–H groups in total. The van der Waals surface area contributed by atoms with E-state index in [1.807, 2.05) is 61.7 Å². The van der Waals surface area contributed by atoms with E-state index < -0.39 is 0 Å². The molecule has 0 aliphatic carbocycles. The van der Waals surface area contributed by atoms with Gasteiger partial charge in [0.2, 0.25) is 0 Å². The van der Waals surface area contributed by atoms with E-state index >= 15 is 0 Å². The van der Waals surface area contributed by atoms with Gasteiger partial charge in [-0.3, -0.25) is 4.98 Å². The fourth-order valence-electron chi connectivity index (χ4n) is 3.26. The van der Waals surface area contributed by atoms with Crippen LogP contribution in [0.3, 0.4) is 0 Å². The van der Waals surface area contributed by atoms with Gasteiger partial charge in [-0.15, -0.1) is 0 Å². The number of rotatable bonds is 10. The van der Waals surface area contributed by atoms with Crippen LogP contribution in [-0.4, -0.2) is 26.4 Å². The van der Waals surface area contributed by atoms with Gasteiger partial charge in [0.15, 0.2) is 0 Å². The fraction of sp³-hybridized carbons (Fsp3) is 0.320. The Bertz CT molecular complexity index is 940. The van der Waals surface area contributed by atoms with Crippen molar-refractivity contribution < 1.29 is 20.1 Å². The van der Waals surface area contributed by atoms with E-state index in [0.29, 0.717) is 12.2 Å². The molecule has 1 heterocycles. The number of hydrogen-bond donors (Lipinski definition) is 3. The van der Waals surface area contributed by atoms with Crippen molar-refractivity contribution in [2.45, 2.75) is 52.1 Å². The van der Waals surface area contributed by atoms with Gasteiger partial charge in [-0.1, -0.05) is 37.3 Å². The van der Waals surface area contributed by atoms with Crippen molar-refractivity contribution in [1.29, 1.82) is 0 Å². The summed E-state index contributed by atoms with van der Waals surface area (Å²) in [4.78, 5) is 4.57. The normalized spacial score (nSPS) is 12.0. The summed E-state index contributed by atoms with van der Waals surface area (Å²) in [6, 6.07) is 17.4. The Morgan fingerprint density at radius 1 is 0.933 bits per heavy atom. The van der Waals surface area contributed by atoms with Crippen molar-refractivity contribution in [2.75, 3.05) is 0 Å². The molecule has 0 bridgehead atoms. The molecule has 1 aromatic heterocycles. The largest absolute Gasteiger partial charge is 0.489 e. The Morgan fingerprint density at radius 3 is 2.43 bits per heavy atom. The first kappa shape index (κ1) is 22.0. The van der Waals surface area contributed by atoms with Crippen molar-refractivity contribution in [3.8, 4) is 17.0 Å². The molecule has 0 radical (unpaired) electrons. The van der Waals surface area contributed by atoms with Crippen LogP contribution >= 0.6 is 0 Å². The molecule has 0 saturated carbocycles. The Labute approximate surface area is 177 Å². The second-order valence-electron chi connectivity index (χ2n) is 7.39. The summed E-state index contributed by atoms with van der Waals surface area (Å²) >= 11 is 0. The zero-order valence-electron chi connectivity index (χ0n) is 17.3. The van der Waals surface area contributed by atoms with Gasteiger partial charge in [0.1, 0.15) is 12.4 Å². The number of aliphatic hydroxyl groups is 3. The first-order valence-electron chi connectivity index (χ1n) is 10.3. The molecule has 0 fully saturated rings. The minimum atomic E-state index is -0.258. The standard InChI is InChI=1S/C25H29NO4/c1-2-23(29)10-7-18-8-11-25(26-14-18)20-4-3-5-24(13-20)30-17-19-6-9-21(15-27)22(12-19)16-28/h3-6,8-9,11-14,23,27-29H,2,7,10,15-17H2,1H3. The van der Waals surface area contributed by atoms with Gasteiger partial charge in [0, 0.05) is 11.8 Å². The van der Waals surface area contributed by atoms with Crippen LogP contribution in [0.15, 0.2) is 60.8 Å². The Balaban J connectivity index is 1.65. The van der Waals surface area contributed by atoms with Crippen LogP contribution in [0.4, 0.5) is 0 Å². The van der Waals surface area contributed by atoms with Gasteiger partial charge in [-0.2, -0.15) is 0 Å². The van der Waals surface area contributed by atoms with Gasteiger partial charge in [-0.25, -0.2) is 0 Å². The summed E-state index contributed by atoms with van der Waals surface area (Å²) in [6.45, 7) is 2.15. The number of aryl methyl sites for hydroxylation is 1. The molecule has 0 spiro atoms. The lowest BCUT2D eigenvalue weighted by atomic mass is 10.1. The smallest absolute Gasteiger partial charge is 0.120 e. The molecule has 0 saturated heterocycles. The number of ether oxygens (including phenoxy) is 1. The molecule has 0 aliphatic heterocycles. The minimum absolute atomic E-state index is 0.0932. The topological polar surface area (TPSA) is 82.8 Å². The van der Waals surface area contributed by atoms with Crippen LogP contribution in [0.25, 0.3) is 11.3 Å². The van der Waals surface area contributed by atoms with Crippen molar-refractivity contribution in [2.24, 2.45) is 0 Å². The summed E-state index contributed by atoms with van der Waals surface area (Å²) in [7, 11) is 0. The highest BCUT2D eigenvalue weighted by Gasteiger charge is 2.06. The third-order valence-electron chi connectivity index (χ3n) is 5.21. The molecule has 0 amide bonds. The maximum atomic E-state index is 9.71. The van der Waals surface area contributed by atoms with E-state index in [0.717, 1.165) is 53.0 Å². The second-order valence-corrected chi connectivity index (χ2v) is 7.39. The summed E-state index contributed by atoms with van der Waals surface area (Å²) in [6.07, 6.45) is 3.94. The highest BCUT2D eigenvalue weighted by Crippen LogP contribution is 2.24. The second kappa shape index (κ2) is 10.9. The number of benzene rings is 2. The first-order chi connectivity index (χ1) is 14.6. The van der Waals surface area contributed by atoms with Gasteiger partial charge in [0.05, 0.1) is 25.0 Å². The summed E-state index contributed by atoms with van der Waals surface area (Å²) < 4.78 is 5.93. The maximum Gasteiger partial charge on any atom is 0.120 e. The highest BCUT2D eigenvalue weighted by atomic mass is 16.5. The molecule has 1 unspecified atom stereocenters. The predicted molar refractivity (Wildman–Crippen MR) is 117 cm³/mol. The van der Waals surface area contributed by atoms with Crippen molar-refractivity contribution in [1.82, 2.24) is 4.98 Å². The summed E-state index contributed by atoms with van der Waals surface area (Å²) in [5, 5.41) is 28.5. The lowest BCUT2D eigenvalue weighted by Crippen LogP contribution is -2.05. The van der Waals surface area contributed by atoms with E-state index in [4.69, 9.17) is 4.74 Å². The highest BCUT2D eigenvalue weighted by molar-refractivity contribution is 5.61. The monoisotopic (exact) mass is 407 g/mol. The number of nitrogens with zero attached hydrogens (tertiary/aromatic N) is 1. The van der Waals surface area contributed by atoms with Crippen molar-refractivity contribution >= 4 is 0 Å². The summed E-state index contributed by atoms with van der Waals surface area (Å²) in [5.41, 5.74) is 5.32. The van der Waals surface area contributed by atoms with Crippen molar-refractivity contribution in [3.63, 3.8) is 0 Å². The van der Waals surface area contributed by atoms with Crippen LogP contribution < -0.4 is 4.74 Å². The predicted octanol–water partition coefficient (Wildman–Crippen LogP) is 4.02. The fourth-order valence-corrected chi connectivity index (χ4v) is 3.26. The minimum Gasteiger partial charge on any atom is -0.489 e. The lowest BCUT2D eigenvalue weighted by molar-refractivity contribution is 0.160. The van der Waals surface area contributed by atoms with E-state index in [1.54, 1.807) is 0 Å². The molecule has 30 heavy (non-hydrogen) atoms. The Kier molecular flexibility index (Phi) is 7.97. The lowest BCUT2D eigenvalue weighted by Gasteiger charge is -2.11. The third kappa shape index (κ3) is 5.89. The molecule has 2 aromatic carbocycles. The number of pyridine rings is 1.